The average molecular weight is 238 g/mol. The molecule has 4 rings (SSSR count). The van der Waals surface area contributed by atoms with Gasteiger partial charge in [0.15, 0.2) is 0 Å². The predicted molar refractivity (Wildman–Crippen MR) is 76.2 cm³/mol. The lowest BCUT2D eigenvalue weighted by Crippen LogP contribution is -2.29. The Bertz CT molecular complexity index is 472. The second kappa shape index (κ2) is 4.26. The molecule has 1 fully saturated rings. The molecule has 4 aliphatic carbocycles. The molecule has 0 radical (unpaired) electrons. The fourth-order valence-electron chi connectivity index (χ4n) is 4.47. The zero-order valence-electron chi connectivity index (χ0n) is 11.1. The highest BCUT2D eigenvalue weighted by Gasteiger charge is 2.36. The minimum Gasteiger partial charge on any atom is -0.0844 e. The van der Waals surface area contributed by atoms with Gasteiger partial charge in [-0.2, -0.15) is 0 Å². The highest BCUT2D eigenvalue weighted by Crippen LogP contribution is 2.50. The summed E-state index contributed by atoms with van der Waals surface area (Å²) in [6.45, 7) is 0. The van der Waals surface area contributed by atoms with Gasteiger partial charge in [0.25, 0.3) is 0 Å². The van der Waals surface area contributed by atoms with E-state index in [9.17, 15) is 0 Å². The van der Waals surface area contributed by atoms with E-state index in [0.717, 1.165) is 17.8 Å². The third-order valence-corrected chi connectivity index (χ3v) is 5.44. The summed E-state index contributed by atoms with van der Waals surface area (Å²) in [4.78, 5) is 0. The van der Waals surface area contributed by atoms with E-state index in [1.54, 1.807) is 11.1 Å². The Morgan fingerprint density at radius 2 is 2.00 bits per heavy atom. The molecule has 1 saturated carbocycles. The van der Waals surface area contributed by atoms with Crippen molar-refractivity contribution in [2.75, 3.05) is 0 Å². The van der Waals surface area contributed by atoms with Crippen molar-refractivity contribution >= 4 is 0 Å². The summed E-state index contributed by atoms with van der Waals surface area (Å²) in [5, 5.41) is 0. The van der Waals surface area contributed by atoms with Crippen LogP contribution in [0, 0.1) is 17.8 Å². The quantitative estimate of drug-likeness (QED) is 0.523. The summed E-state index contributed by atoms with van der Waals surface area (Å²) in [7, 11) is 0. The number of rotatable bonds is 0. The van der Waals surface area contributed by atoms with Gasteiger partial charge in [-0.15, -0.1) is 0 Å². The lowest BCUT2D eigenvalue weighted by atomic mass is 9.63. The van der Waals surface area contributed by atoms with Crippen LogP contribution in [0.2, 0.25) is 0 Å². The van der Waals surface area contributed by atoms with Gasteiger partial charge in [0, 0.05) is 5.92 Å². The van der Waals surface area contributed by atoms with Crippen LogP contribution in [0.4, 0.5) is 0 Å². The van der Waals surface area contributed by atoms with Crippen molar-refractivity contribution in [3.8, 4) is 0 Å². The Labute approximate surface area is 110 Å². The fraction of sp³-hybridized carbons (Fsp3) is 0.556. The van der Waals surface area contributed by atoms with Crippen molar-refractivity contribution in [3.63, 3.8) is 0 Å². The summed E-state index contributed by atoms with van der Waals surface area (Å²) < 4.78 is 0. The Kier molecular flexibility index (Phi) is 2.57. The second-order valence-electron chi connectivity index (χ2n) is 6.41. The van der Waals surface area contributed by atoms with E-state index in [-0.39, 0.29) is 0 Å². The number of fused-ring (bicyclic) bond motifs is 4. The average Bonchev–Trinajstić information content (AvgIpc) is 2.45. The Hall–Kier alpha value is -1.04. The van der Waals surface area contributed by atoms with Gasteiger partial charge in [-0.25, -0.2) is 0 Å². The molecule has 0 heterocycles. The van der Waals surface area contributed by atoms with E-state index < -0.39 is 0 Å². The molecule has 0 spiro atoms. The van der Waals surface area contributed by atoms with Crippen molar-refractivity contribution in [1.29, 1.82) is 0 Å². The third-order valence-electron chi connectivity index (χ3n) is 5.44. The van der Waals surface area contributed by atoms with Crippen LogP contribution in [-0.4, -0.2) is 0 Å². The maximum Gasteiger partial charge on any atom is 0.00188 e. The van der Waals surface area contributed by atoms with Crippen molar-refractivity contribution in [3.05, 3.63) is 47.1 Å². The molecule has 0 aromatic carbocycles. The molecule has 0 nitrogen and oxygen atoms in total. The van der Waals surface area contributed by atoms with E-state index in [1.807, 2.05) is 5.57 Å². The fourth-order valence-corrected chi connectivity index (χ4v) is 4.47. The molecule has 0 aromatic rings. The zero-order valence-corrected chi connectivity index (χ0v) is 11.1. The molecule has 0 aliphatic heterocycles. The van der Waals surface area contributed by atoms with Gasteiger partial charge >= 0.3 is 0 Å². The smallest absolute Gasteiger partial charge is 0.00188 e. The Balaban J connectivity index is 1.68. The molecule has 0 aromatic heterocycles. The van der Waals surface area contributed by atoms with Gasteiger partial charge in [-0.3, -0.25) is 0 Å². The molecule has 18 heavy (non-hydrogen) atoms. The Morgan fingerprint density at radius 3 is 3.00 bits per heavy atom. The molecule has 0 heteroatoms. The molecular formula is C18H22. The van der Waals surface area contributed by atoms with E-state index >= 15 is 0 Å². The highest BCUT2D eigenvalue weighted by molar-refractivity contribution is 5.38. The molecule has 4 aliphatic rings. The summed E-state index contributed by atoms with van der Waals surface area (Å²) >= 11 is 0. The van der Waals surface area contributed by atoms with E-state index in [1.165, 1.54) is 44.9 Å². The van der Waals surface area contributed by atoms with Gasteiger partial charge in [0.05, 0.1) is 0 Å². The maximum absolute atomic E-state index is 2.60. The second-order valence-corrected chi connectivity index (χ2v) is 6.41. The van der Waals surface area contributed by atoms with Crippen molar-refractivity contribution in [2.24, 2.45) is 17.8 Å². The first-order valence-corrected chi connectivity index (χ1v) is 7.66. The minimum absolute atomic E-state index is 0.817. The van der Waals surface area contributed by atoms with Gasteiger partial charge < -0.3 is 0 Å². The standard InChI is InChI=1S/C18H22/c1-2-7-15-12-18-16(11-14(15)6-1)10-9-13-5-3-4-8-17(13)18/h1-2,6,8,10,13,15,18H,3-5,7,9,11-12H2. The highest BCUT2D eigenvalue weighted by atomic mass is 14.4. The van der Waals surface area contributed by atoms with Gasteiger partial charge in [-0.1, -0.05) is 47.1 Å². The van der Waals surface area contributed by atoms with Crippen LogP contribution in [0.25, 0.3) is 0 Å². The van der Waals surface area contributed by atoms with E-state index in [0.29, 0.717) is 0 Å². The van der Waals surface area contributed by atoms with Crippen molar-refractivity contribution in [2.45, 2.75) is 44.9 Å². The largest absolute Gasteiger partial charge is 0.0844 e. The van der Waals surface area contributed by atoms with Crippen molar-refractivity contribution in [1.82, 2.24) is 0 Å². The maximum atomic E-state index is 2.60. The van der Waals surface area contributed by atoms with Gasteiger partial charge in [0.2, 0.25) is 0 Å². The van der Waals surface area contributed by atoms with Crippen LogP contribution in [0.15, 0.2) is 47.1 Å². The summed E-state index contributed by atoms with van der Waals surface area (Å²) in [6.07, 6.45) is 21.7. The third kappa shape index (κ3) is 1.66. The van der Waals surface area contributed by atoms with Gasteiger partial charge in [-0.05, 0) is 56.8 Å². The van der Waals surface area contributed by atoms with Crippen molar-refractivity contribution < 1.29 is 0 Å². The molecule has 0 bridgehead atoms. The molecule has 0 N–H and O–H groups in total. The number of hydrogen-bond acceptors (Lipinski definition) is 0. The Morgan fingerprint density at radius 1 is 1.00 bits per heavy atom. The van der Waals surface area contributed by atoms with Crippen LogP contribution in [0.5, 0.6) is 0 Å². The number of allylic oxidation sites excluding steroid dienone is 8. The first-order chi connectivity index (χ1) is 8.92. The predicted octanol–water partition coefficient (Wildman–Crippen LogP) is 4.96. The molecule has 3 atom stereocenters. The summed E-state index contributed by atoms with van der Waals surface area (Å²) in [5.74, 6) is 2.56. The lowest BCUT2D eigenvalue weighted by Gasteiger charge is -2.42. The monoisotopic (exact) mass is 238 g/mol. The van der Waals surface area contributed by atoms with E-state index in [2.05, 4.69) is 30.4 Å². The van der Waals surface area contributed by atoms with Crippen LogP contribution in [0.1, 0.15) is 44.9 Å². The molecule has 0 amide bonds. The van der Waals surface area contributed by atoms with Crippen LogP contribution < -0.4 is 0 Å². The summed E-state index contributed by atoms with van der Waals surface area (Å²) in [6, 6.07) is 0. The first kappa shape index (κ1) is 10.8. The topological polar surface area (TPSA) is 0 Å². The molecule has 0 saturated heterocycles. The van der Waals surface area contributed by atoms with Crippen LogP contribution in [0.3, 0.4) is 0 Å². The van der Waals surface area contributed by atoms with Crippen LogP contribution in [-0.2, 0) is 0 Å². The summed E-state index contributed by atoms with van der Waals surface area (Å²) in [5.41, 5.74) is 5.28. The molecule has 3 unspecified atom stereocenters. The first-order valence-electron chi connectivity index (χ1n) is 7.66. The lowest BCUT2D eigenvalue weighted by molar-refractivity contribution is 0.366. The molecular weight excluding hydrogens is 216 g/mol. The SMILES string of the molecule is C1=CCC2CC3C(=CCC4CCCC=C43)CC2=C1. The zero-order chi connectivity index (χ0) is 11.9. The number of hydrogen-bond donors (Lipinski definition) is 0. The minimum atomic E-state index is 0.817. The molecule has 94 valence electrons. The van der Waals surface area contributed by atoms with E-state index in [4.69, 9.17) is 0 Å². The van der Waals surface area contributed by atoms with Gasteiger partial charge in [0.1, 0.15) is 0 Å². The van der Waals surface area contributed by atoms with Crippen LogP contribution >= 0.6 is 0 Å². The normalized spacial score (nSPS) is 37.8.